The van der Waals surface area contributed by atoms with Crippen LogP contribution < -0.4 is 5.32 Å². The molecule has 0 radical (unpaired) electrons. The van der Waals surface area contributed by atoms with Crippen molar-refractivity contribution in [2.75, 3.05) is 5.32 Å². The number of rotatable bonds is 4. The topological polar surface area (TPSA) is 67.2 Å². The smallest absolute Gasteiger partial charge is 0.337 e. The van der Waals surface area contributed by atoms with Crippen LogP contribution in [0.2, 0.25) is 5.02 Å². The molecule has 0 spiro atoms. The first-order valence-corrected chi connectivity index (χ1v) is 5.69. The average molecular weight is 266 g/mol. The standard InChI is InChI=1S/C12H12ClN3O2/c1-16-5-4-9(15-16)7-14-8-2-3-10(12(17)18)11(13)6-8/h2-6,14H,7H2,1H3,(H,17,18). The highest BCUT2D eigenvalue weighted by Gasteiger charge is 2.08. The molecule has 0 aliphatic rings. The van der Waals surface area contributed by atoms with E-state index in [1.165, 1.54) is 6.07 Å². The molecule has 6 heteroatoms. The van der Waals surface area contributed by atoms with E-state index in [2.05, 4.69) is 10.4 Å². The number of aromatic nitrogens is 2. The molecule has 2 aromatic rings. The van der Waals surface area contributed by atoms with Gasteiger partial charge in [-0.15, -0.1) is 0 Å². The van der Waals surface area contributed by atoms with Gasteiger partial charge in [-0.1, -0.05) is 11.6 Å². The molecule has 0 fully saturated rings. The molecule has 0 atom stereocenters. The van der Waals surface area contributed by atoms with E-state index in [1.54, 1.807) is 16.8 Å². The summed E-state index contributed by atoms with van der Waals surface area (Å²) in [5.74, 6) is -1.03. The van der Waals surface area contributed by atoms with Crippen LogP contribution in [-0.2, 0) is 13.6 Å². The fourth-order valence-electron chi connectivity index (χ4n) is 1.55. The van der Waals surface area contributed by atoms with Crippen molar-refractivity contribution < 1.29 is 9.90 Å². The number of aromatic carboxylic acids is 1. The summed E-state index contributed by atoms with van der Waals surface area (Å²) in [7, 11) is 1.85. The van der Waals surface area contributed by atoms with Crippen LogP contribution in [-0.4, -0.2) is 20.9 Å². The Morgan fingerprint density at radius 1 is 1.50 bits per heavy atom. The number of halogens is 1. The van der Waals surface area contributed by atoms with Crippen molar-refractivity contribution in [3.05, 3.63) is 46.7 Å². The molecular weight excluding hydrogens is 254 g/mol. The molecule has 2 N–H and O–H groups in total. The second kappa shape index (κ2) is 5.10. The van der Waals surface area contributed by atoms with Gasteiger partial charge in [0.2, 0.25) is 0 Å². The summed E-state index contributed by atoms with van der Waals surface area (Å²) in [6.07, 6.45) is 1.86. The average Bonchev–Trinajstić information content (AvgIpc) is 2.72. The van der Waals surface area contributed by atoms with Gasteiger partial charge in [0.05, 0.1) is 22.8 Å². The number of carbonyl (C=O) groups is 1. The SMILES string of the molecule is Cn1ccc(CNc2ccc(C(=O)O)c(Cl)c2)n1. The highest BCUT2D eigenvalue weighted by Crippen LogP contribution is 2.21. The first kappa shape index (κ1) is 12.4. The lowest BCUT2D eigenvalue weighted by Crippen LogP contribution is -2.03. The summed E-state index contributed by atoms with van der Waals surface area (Å²) >= 11 is 5.87. The van der Waals surface area contributed by atoms with Crippen LogP contribution in [0.5, 0.6) is 0 Å². The first-order chi connectivity index (χ1) is 8.56. The van der Waals surface area contributed by atoms with Gasteiger partial charge in [-0.3, -0.25) is 4.68 Å². The van der Waals surface area contributed by atoms with E-state index >= 15 is 0 Å². The maximum Gasteiger partial charge on any atom is 0.337 e. The van der Waals surface area contributed by atoms with E-state index in [4.69, 9.17) is 16.7 Å². The van der Waals surface area contributed by atoms with Gasteiger partial charge in [0, 0.05) is 18.9 Å². The summed E-state index contributed by atoms with van der Waals surface area (Å²) in [5.41, 5.74) is 1.76. The lowest BCUT2D eigenvalue weighted by Gasteiger charge is -2.06. The molecule has 0 amide bonds. The van der Waals surface area contributed by atoms with Crippen LogP contribution in [0.4, 0.5) is 5.69 Å². The fraction of sp³-hybridized carbons (Fsp3) is 0.167. The molecule has 1 aromatic heterocycles. The summed E-state index contributed by atoms with van der Waals surface area (Å²) in [6, 6.07) is 6.65. The molecule has 5 nitrogen and oxygen atoms in total. The predicted octanol–water partition coefficient (Wildman–Crippen LogP) is 2.38. The maximum absolute atomic E-state index is 10.8. The van der Waals surface area contributed by atoms with E-state index in [0.29, 0.717) is 6.54 Å². The molecule has 2 rings (SSSR count). The molecule has 0 saturated heterocycles. The molecule has 94 valence electrons. The molecule has 0 aliphatic heterocycles. The van der Waals surface area contributed by atoms with Crippen molar-refractivity contribution in [1.82, 2.24) is 9.78 Å². The highest BCUT2D eigenvalue weighted by atomic mass is 35.5. The zero-order valence-corrected chi connectivity index (χ0v) is 10.5. The Labute approximate surface area is 109 Å². The zero-order valence-electron chi connectivity index (χ0n) is 9.72. The molecule has 18 heavy (non-hydrogen) atoms. The maximum atomic E-state index is 10.8. The number of anilines is 1. The van der Waals surface area contributed by atoms with Gasteiger partial charge < -0.3 is 10.4 Å². The Balaban J connectivity index is 2.06. The lowest BCUT2D eigenvalue weighted by molar-refractivity contribution is 0.0697. The Kier molecular flexibility index (Phi) is 3.53. The number of hydrogen-bond acceptors (Lipinski definition) is 3. The second-order valence-corrected chi connectivity index (χ2v) is 4.24. The van der Waals surface area contributed by atoms with Gasteiger partial charge in [-0.2, -0.15) is 5.10 Å². The van der Waals surface area contributed by atoms with Crippen molar-refractivity contribution in [2.45, 2.75) is 6.54 Å². The number of carboxylic acids is 1. The largest absolute Gasteiger partial charge is 0.478 e. The number of aryl methyl sites for hydroxylation is 1. The van der Waals surface area contributed by atoms with Crippen LogP contribution >= 0.6 is 11.6 Å². The van der Waals surface area contributed by atoms with Crippen LogP contribution in [0.25, 0.3) is 0 Å². The third kappa shape index (κ3) is 2.81. The highest BCUT2D eigenvalue weighted by molar-refractivity contribution is 6.33. The Morgan fingerprint density at radius 2 is 2.28 bits per heavy atom. The van der Waals surface area contributed by atoms with Crippen molar-refractivity contribution in [2.24, 2.45) is 7.05 Å². The molecule has 0 bridgehead atoms. The van der Waals surface area contributed by atoms with Gasteiger partial charge in [-0.25, -0.2) is 4.79 Å². The first-order valence-electron chi connectivity index (χ1n) is 5.31. The minimum absolute atomic E-state index is 0.0973. The Bertz CT molecular complexity index is 580. The number of carboxylic acid groups (broad SMARTS) is 1. The summed E-state index contributed by atoms with van der Waals surface area (Å²) in [4.78, 5) is 10.8. The van der Waals surface area contributed by atoms with Gasteiger partial charge in [0.15, 0.2) is 0 Å². The van der Waals surface area contributed by atoms with Gasteiger partial charge >= 0.3 is 5.97 Å². The third-order valence-electron chi connectivity index (χ3n) is 2.44. The third-order valence-corrected chi connectivity index (χ3v) is 2.75. The number of benzene rings is 1. The van der Waals surface area contributed by atoms with E-state index in [-0.39, 0.29) is 10.6 Å². The van der Waals surface area contributed by atoms with Crippen molar-refractivity contribution in [3.8, 4) is 0 Å². The second-order valence-electron chi connectivity index (χ2n) is 3.83. The van der Waals surface area contributed by atoms with E-state index in [9.17, 15) is 4.79 Å². The van der Waals surface area contributed by atoms with Crippen LogP contribution in [0.1, 0.15) is 16.1 Å². The lowest BCUT2D eigenvalue weighted by atomic mass is 10.2. The molecule has 1 aromatic carbocycles. The van der Waals surface area contributed by atoms with E-state index < -0.39 is 5.97 Å². The quantitative estimate of drug-likeness (QED) is 0.891. The van der Waals surface area contributed by atoms with Crippen molar-refractivity contribution in [3.63, 3.8) is 0 Å². The molecule has 0 saturated carbocycles. The van der Waals surface area contributed by atoms with Crippen molar-refractivity contribution in [1.29, 1.82) is 0 Å². The van der Waals surface area contributed by atoms with Crippen LogP contribution in [0.15, 0.2) is 30.5 Å². The van der Waals surface area contributed by atoms with E-state index in [0.717, 1.165) is 11.4 Å². The normalized spacial score (nSPS) is 10.3. The molecule has 0 unspecified atom stereocenters. The Hall–Kier alpha value is -2.01. The summed E-state index contributed by atoms with van der Waals surface area (Å²) < 4.78 is 1.72. The minimum Gasteiger partial charge on any atom is -0.478 e. The zero-order chi connectivity index (χ0) is 13.1. The fourth-order valence-corrected chi connectivity index (χ4v) is 1.81. The van der Waals surface area contributed by atoms with Gasteiger partial charge in [0.1, 0.15) is 0 Å². The number of nitrogens with one attached hydrogen (secondary N) is 1. The molecular formula is C12H12ClN3O2. The molecule has 0 aliphatic carbocycles. The number of hydrogen-bond donors (Lipinski definition) is 2. The summed E-state index contributed by atoms with van der Waals surface area (Å²) in [5, 5.41) is 16.4. The summed E-state index contributed by atoms with van der Waals surface area (Å²) in [6.45, 7) is 0.559. The molecule has 1 heterocycles. The Morgan fingerprint density at radius 3 is 2.83 bits per heavy atom. The van der Waals surface area contributed by atoms with Crippen molar-refractivity contribution >= 4 is 23.3 Å². The minimum atomic E-state index is -1.03. The number of nitrogens with zero attached hydrogens (tertiary/aromatic N) is 2. The van der Waals surface area contributed by atoms with Crippen LogP contribution in [0, 0.1) is 0 Å². The monoisotopic (exact) mass is 265 g/mol. The predicted molar refractivity (Wildman–Crippen MR) is 68.9 cm³/mol. The van der Waals surface area contributed by atoms with Crippen LogP contribution in [0.3, 0.4) is 0 Å². The van der Waals surface area contributed by atoms with Gasteiger partial charge in [-0.05, 0) is 24.3 Å². The van der Waals surface area contributed by atoms with E-state index in [1.807, 2.05) is 19.3 Å². The van der Waals surface area contributed by atoms with Gasteiger partial charge in [0.25, 0.3) is 0 Å².